The molecule has 5 heteroatoms. The summed E-state index contributed by atoms with van der Waals surface area (Å²) in [4.78, 5) is 10.5. The lowest BCUT2D eigenvalue weighted by molar-refractivity contribution is -0.131. The summed E-state index contributed by atoms with van der Waals surface area (Å²) >= 11 is 0. The average molecular weight is 234 g/mol. The molecule has 0 fully saturated rings. The van der Waals surface area contributed by atoms with Crippen LogP contribution in [0.5, 0.6) is 0 Å². The third kappa shape index (κ3) is 3.07. The van der Waals surface area contributed by atoms with E-state index < -0.39 is 5.97 Å². The van der Waals surface area contributed by atoms with Crippen molar-refractivity contribution < 1.29 is 15.1 Å². The molecule has 0 saturated carbocycles. The number of nitrogens with two attached hydrogens (primary N) is 1. The molecule has 4 N–H and O–H groups in total. The standard InChI is InChI=1S/C12H14N2O3/c1-7-5-9(12(13)14-17)6-8(2)10(7)3-4-11(15)16/h3-6,17H,1-2H3,(H2,13,14)(H,15,16)/b4-3+. The van der Waals surface area contributed by atoms with Gasteiger partial charge in [-0.15, -0.1) is 0 Å². The van der Waals surface area contributed by atoms with Gasteiger partial charge in [0.2, 0.25) is 0 Å². The number of benzene rings is 1. The third-order valence-corrected chi connectivity index (χ3v) is 2.39. The van der Waals surface area contributed by atoms with E-state index in [1.807, 2.05) is 13.8 Å². The Morgan fingerprint density at radius 2 is 1.88 bits per heavy atom. The SMILES string of the molecule is Cc1cc(/C(N)=N/O)cc(C)c1/C=C/C(=O)O. The molecule has 1 rings (SSSR count). The molecule has 0 heterocycles. The summed E-state index contributed by atoms with van der Waals surface area (Å²) in [6.07, 6.45) is 2.61. The van der Waals surface area contributed by atoms with Crippen LogP contribution in [-0.4, -0.2) is 22.1 Å². The van der Waals surface area contributed by atoms with E-state index in [1.54, 1.807) is 12.1 Å². The predicted octanol–water partition coefficient (Wildman–Crippen LogP) is 1.50. The third-order valence-electron chi connectivity index (χ3n) is 2.39. The van der Waals surface area contributed by atoms with Crippen molar-refractivity contribution in [3.63, 3.8) is 0 Å². The lowest BCUT2D eigenvalue weighted by Crippen LogP contribution is -2.13. The molecular formula is C12H14N2O3. The zero-order valence-electron chi connectivity index (χ0n) is 9.64. The van der Waals surface area contributed by atoms with Crippen LogP contribution in [0, 0.1) is 13.8 Å². The molecule has 0 aliphatic rings. The normalized spacial score (nSPS) is 12.0. The van der Waals surface area contributed by atoms with Crippen LogP contribution in [-0.2, 0) is 4.79 Å². The van der Waals surface area contributed by atoms with E-state index in [0.29, 0.717) is 5.56 Å². The van der Waals surface area contributed by atoms with Crippen molar-refractivity contribution in [3.8, 4) is 0 Å². The zero-order chi connectivity index (χ0) is 13.0. The highest BCUT2D eigenvalue weighted by atomic mass is 16.4. The predicted molar refractivity (Wildman–Crippen MR) is 65.1 cm³/mol. The van der Waals surface area contributed by atoms with Crippen LogP contribution in [0.25, 0.3) is 6.08 Å². The number of hydrogen-bond acceptors (Lipinski definition) is 3. The highest BCUT2D eigenvalue weighted by molar-refractivity contribution is 5.98. The molecule has 90 valence electrons. The maximum atomic E-state index is 10.5. The molecule has 0 aliphatic heterocycles. The molecule has 0 aliphatic carbocycles. The van der Waals surface area contributed by atoms with Crippen molar-refractivity contribution in [2.24, 2.45) is 10.9 Å². The van der Waals surface area contributed by atoms with Crippen LogP contribution < -0.4 is 5.73 Å². The number of hydrogen-bond donors (Lipinski definition) is 3. The monoisotopic (exact) mass is 234 g/mol. The van der Waals surface area contributed by atoms with Gasteiger partial charge in [0.05, 0.1) is 0 Å². The van der Waals surface area contributed by atoms with E-state index in [9.17, 15) is 4.79 Å². The lowest BCUT2D eigenvalue weighted by Gasteiger charge is -2.08. The van der Waals surface area contributed by atoms with Gasteiger partial charge in [0, 0.05) is 11.6 Å². The van der Waals surface area contributed by atoms with Crippen molar-refractivity contribution in [1.29, 1.82) is 0 Å². The molecule has 0 aromatic heterocycles. The smallest absolute Gasteiger partial charge is 0.328 e. The first kappa shape index (κ1) is 12.8. The molecular weight excluding hydrogens is 220 g/mol. The number of nitrogens with zero attached hydrogens (tertiary/aromatic N) is 1. The van der Waals surface area contributed by atoms with Crippen molar-refractivity contribution in [2.75, 3.05) is 0 Å². The minimum absolute atomic E-state index is 0.0324. The zero-order valence-corrected chi connectivity index (χ0v) is 9.64. The number of rotatable bonds is 3. The van der Waals surface area contributed by atoms with Gasteiger partial charge in [-0.1, -0.05) is 5.16 Å². The van der Waals surface area contributed by atoms with Gasteiger partial charge in [0.1, 0.15) is 0 Å². The summed E-state index contributed by atoms with van der Waals surface area (Å²) in [7, 11) is 0. The van der Waals surface area contributed by atoms with Crippen molar-refractivity contribution >= 4 is 17.9 Å². The Hall–Kier alpha value is -2.30. The fraction of sp³-hybridized carbons (Fsp3) is 0.167. The van der Waals surface area contributed by atoms with Gasteiger partial charge >= 0.3 is 5.97 Å². The number of aryl methyl sites for hydroxylation is 2. The van der Waals surface area contributed by atoms with Crippen LogP contribution in [0.2, 0.25) is 0 Å². The van der Waals surface area contributed by atoms with Crippen LogP contribution in [0.3, 0.4) is 0 Å². The van der Waals surface area contributed by atoms with Crippen molar-refractivity contribution in [3.05, 3.63) is 40.5 Å². The first-order valence-electron chi connectivity index (χ1n) is 4.96. The maximum Gasteiger partial charge on any atom is 0.328 e. The summed E-state index contributed by atoms with van der Waals surface area (Å²) in [5.41, 5.74) is 8.65. The average Bonchev–Trinajstić information content (AvgIpc) is 2.26. The van der Waals surface area contributed by atoms with E-state index >= 15 is 0 Å². The Balaban J connectivity index is 3.24. The molecule has 0 atom stereocenters. The fourth-order valence-corrected chi connectivity index (χ4v) is 1.60. The van der Waals surface area contributed by atoms with Gasteiger partial charge in [-0.2, -0.15) is 0 Å². The molecule has 0 spiro atoms. The van der Waals surface area contributed by atoms with E-state index in [1.165, 1.54) is 6.08 Å². The summed E-state index contributed by atoms with van der Waals surface area (Å²) in [6, 6.07) is 3.48. The number of carboxylic acid groups (broad SMARTS) is 1. The lowest BCUT2D eigenvalue weighted by atomic mass is 9.98. The second kappa shape index (κ2) is 5.16. The van der Waals surface area contributed by atoms with Gasteiger partial charge in [-0.05, 0) is 48.7 Å². The molecule has 0 bridgehead atoms. The molecule has 0 amide bonds. The minimum Gasteiger partial charge on any atom is -0.478 e. The topological polar surface area (TPSA) is 95.9 Å². The molecule has 1 aromatic rings. The van der Waals surface area contributed by atoms with Gasteiger partial charge < -0.3 is 16.0 Å². The molecule has 5 nitrogen and oxygen atoms in total. The van der Waals surface area contributed by atoms with Crippen molar-refractivity contribution in [1.82, 2.24) is 0 Å². The van der Waals surface area contributed by atoms with E-state index in [-0.39, 0.29) is 5.84 Å². The summed E-state index contributed by atoms with van der Waals surface area (Å²) < 4.78 is 0. The molecule has 17 heavy (non-hydrogen) atoms. The minimum atomic E-state index is -0.996. The van der Waals surface area contributed by atoms with E-state index in [4.69, 9.17) is 16.0 Å². The molecule has 0 radical (unpaired) electrons. The number of aliphatic carboxylic acids is 1. The second-order valence-electron chi connectivity index (χ2n) is 3.68. The summed E-state index contributed by atoms with van der Waals surface area (Å²) in [6.45, 7) is 3.67. The second-order valence-corrected chi connectivity index (χ2v) is 3.68. The fourth-order valence-electron chi connectivity index (χ4n) is 1.60. The Labute approximate surface area is 98.9 Å². The quantitative estimate of drug-likeness (QED) is 0.243. The van der Waals surface area contributed by atoms with E-state index in [0.717, 1.165) is 22.8 Å². The Morgan fingerprint density at radius 1 is 1.35 bits per heavy atom. The molecule has 0 saturated heterocycles. The van der Waals surface area contributed by atoms with Gasteiger partial charge in [0.25, 0.3) is 0 Å². The van der Waals surface area contributed by atoms with Gasteiger partial charge in [0.15, 0.2) is 5.84 Å². The van der Waals surface area contributed by atoms with Gasteiger partial charge in [-0.3, -0.25) is 0 Å². The Bertz CT molecular complexity index is 481. The number of carboxylic acids is 1. The summed E-state index contributed by atoms with van der Waals surface area (Å²) in [5, 5.41) is 20.1. The summed E-state index contributed by atoms with van der Waals surface area (Å²) in [5.74, 6) is -0.964. The van der Waals surface area contributed by atoms with Crippen molar-refractivity contribution in [2.45, 2.75) is 13.8 Å². The Kier molecular flexibility index (Phi) is 3.87. The molecule has 1 aromatic carbocycles. The van der Waals surface area contributed by atoms with Crippen LogP contribution in [0.4, 0.5) is 0 Å². The number of oxime groups is 1. The highest BCUT2D eigenvalue weighted by Crippen LogP contribution is 2.18. The van der Waals surface area contributed by atoms with Gasteiger partial charge in [-0.25, -0.2) is 4.79 Å². The number of amidine groups is 1. The largest absolute Gasteiger partial charge is 0.478 e. The van der Waals surface area contributed by atoms with Crippen LogP contribution in [0.15, 0.2) is 23.4 Å². The maximum absolute atomic E-state index is 10.5. The number of carbonyl (C=O) groups is 1. The first-order valence-corrected chi connectivity index (χ1v) is 4.96. The highest BCUT2D eigenvalue weighted by Gasteiger charge is 2.06. The molecule has 0 unspecified atom stereocenters. The van der Waals surface area contributed by atoms with E-state index in [2.05, 4.69) is 5.16 Å². The first-order chi connectivity index (χ1) is 7.95. The van der Waals surface area contributed by atoms with Crippen LogP contribution >= 0.6 is 0 Å². The van der Waals surface area contributed by atoms with Crippen LogP contribution in [0.1, 0.15) is 22.3 Å². The Morgan fingerprint density at radius 3 is 2.29 bits per heavy atom.